The third-order valence-corrected chi connectivity index (χ3v) is 3.25. The van der Waals surface area contributed by atoms with Crippen LogP contribution in [0.4, 0.5) is 0 Å². The first-order valence-corrected chi connectivity index (χ1v) is 5.63. The van der Waals surface area contributed by atoms with Crippen LogP contribution in [0.1, 0.15) is 34.1 Å². The number of carbonyl (C=O) groups is 1. The predicted octanol–water partition coefficient (Wildman–Crippen LogP) is 2.42. The fourth-order valence-electron chi connectivity index (χ4n) is 1.72. The highest BCUT2D eigenvalue weighted by atomic mass is 79.9. The van der Waals surface area contributed by atoms with Gasteiger partial charge in [0.2, 0.25) is 5.91 Å². The molecule has 0 bridgehead atoms. The molecule has 0 aromatic heterocycles. The average Bonchev–Trinajstić information content (AvgIpc) is 2.30. The Morgan fingerprint density at radius 1 is 1.46 bits per heavy atom. The van der Waals surface area contributed by atoms with Crippen molar-refractivity contribution >= 4 is 21.8 Å². The number of amides is 1. The van der Waals surface area contributed by atoms with Gasteiger partial charge in [0, 0.05) is 12.6 Å². The largest absolute Gasteiger partial charge is 0.339 e. The van der Waals surface area contributed by atoms with Crippen LogP contribution in [0.5, 0.6) is 0 Å². The summed E-state index contributed by atoms with van der Waals surface area (Å²) in [6.07, 6.45) is 1.13. The standard InChI is InChI=1S/C10H18BrNO/c1-7-5-6-12(8(7)2)9(13)10(3,4)11/h7-8H,5-6H2,1-4H3. The SMILES string of the molecule is CC1CCN(C(=O)C(C)(C)Br)C1C. The molecule has 0 saturated carbocycles. The normalized spacial score (nSPS) is 29.5. The Hall–Kier alpha value is -0.0500. The summed E-state index contributed by atoms with van der Waals surface area (Å²) in [6, 6.07) is 0.393. The molecule has 0 radical (unpaired) electrons. The van der Waals surface area contributed by atoms with E-state index in [4.69, 9.17) is 0 Å². The maximum atomic E-state index is 11.9. The predicted molar refractivity (Wildman–Crippen MR) is 58.0 cm³/mol. The van der Waals surface area contributed by atoms with Gasteiger partial charge in [-0.1, -0.05) is 22.9 Å². The molecule has 1 saturated heterocycles. The molecule has 2 unspecified atom stereocenters. The zero-order chi connectivity index (χ0) is 10.2. The maximum Gasteiger partial charge on any atom is 0.239 e. The number of alkyl halides is 1. The first-order valence-electron chi connectivity index (χ1n) is 4.84. The van der Waals surface area contributed by atoms with Crippen molar-refractivity contribution in [1.82, 2.24) is 4.90 Å². The van der Waals surface area contributed by atoms with Gasteiger partial charge in [0.15, 0.2) is 0 Å². The first-order chi connectivity index (χ1) is 5.84. The smallest absolute Gasteiger partial charge is 0.239 e. The monoisotopic (exact) mass is 247 g/mol. The van der Waals surface area contributed by atoms with Gasteiger partial charge >= 0.3 is 0 Å². The minimum atomic E-state index is -0.411. The molecule has 1 heterocycles. The summed E-state index contributed by atoms with van der Waals surface area (Å²) in [5.41, 5.74) is 0. The molecule has 1 amide bonds. The Bertz CT molecular complexity index is 209. The lowest BCUT2D eigenvalue weighted by Crippen LogP contribution is -2.44. The second kappa shape index (κ2) is 3.60. The van der Waals surface area contributed by atoms with Gasteiger partial charge in [-0.15, -0.1) is 0 Å². The van der Waals surface area contributed by atoms with Crippen molar-refractivity contribution in [2.45, 2.75) is 44.5 Å². The average molecular weight is 248 g/mol. The molecule has 1 aliphatic rings. The van der Waals surface area contributed by atoms with E-state index in [1.165, 1.54) is 0 Å². The Balaban J connectivity index is 2.69. The zero-order valence-electron chi connectivity index (χ0n) is 8.80. The van der Waals surface area contributed by atoms with Crippen LogP contribution in [0.2, 0.25) is 0 Å². The molecule has 0 spiro atoms. The molecule has 76 valence electrons. The van der Waals surface area contributed by atoms with E-state index in [0.717, 1.165) is 13.0 Å². The third kappa shape index (κ3) is 2.25. The van der Waals surface area contributed by atoms with E-state index < -0.39 is 4.32 Å². The summed E-state index contributed by atoms with van der Waals surface area (Å²) in [5.74, 6) is 0.850. The van der Waals surface area contributed by atoms with Gasteiger partial charge in [-0.2, -0.15) is 0 Å². The van der Waals surface area contributed by atoms with E-state index in [1.54, 1.807) is 0 Å². The van der Waals surface area contributed by atoms with E-state index in [9.17, 15) is 4.79 Å². The highest BCUT2D eigenvalue weighted by Gasteiger charge is 2.37. The van der Waals surface area contributed by atoms with Gasteiger partial charge in [0.05, 0.1) is 4.32 Å². The van der Waals surface area contributed by atoms with Gasteiger partial charge in [-0.25, -0.2) is 0 Å². The first kappa shape index (κ1) is 11.0. The molecule has 2 atom stereocenters. The van der Waals surface area contributed by atoms with Crippen LogP contribution in [0.15, 0.2) is 0 Å². The van der Waals surface area contributed by atoms with Crippen molar-refractivity contribution in [1.29, 1.82) is 0 Å². The second-order valence-electron chi connectivity index (χ2n) is 4.48. The third-order valence-electron chi connectivity index (χ3n) is 2.91. The number of halogens is 1. The lowest BCUT2D eigenvalue weighted by Gasteiger charge is -2.29. The van der Waals surface area contributed by atoms with E-state index >= 15 is 0 Å². The molecule has 0 aliphatic carbocycles. The fraction of sp³-hybridized carbons (Fsp3) is 0.900. The van der Waals surface area contributed by atoms with Crippen LogP contribution < -0.4 is 0 Å². The summed E-state index contributed by atoms with van der Waals surface area (Å²) in [6.45, 7) is 9.07. The van der Waals surface area contributed by atoms with Crippen molar-refractivity contribution in [2.24, 2.45) is 5.92 Å². The van der Waals surface area contributed by atoms with Crippen molar-refractivity contribution < 1.29 is 4.79 Å². The van der Waals surface area contributed by atoms with E-state index in [1.807, 2.05) is 18.7 Å². The molecule has 2 nitrogen and oxygen atoms in total. The summed E-state index contributed by atoms with van der Waals surface area (Å²) >= 11 is 3.41. The summed E-state index contributed by atoms with van der Waals surface area (Å²) < 4.78 is -0.411. The van der Waals surface area contributed by atoms with Crippen LogP contribution in [0, 0.1) is 5.92 Å². The van der Waals surface area contributed by atoms with Crippen molar-refractivity contribution in [3.8, 4) is 0 Å². The Labute approximate surface area is 88.8 Å². The number of rotatable bonds is 1. The zero-order valence-corrected chi connectivity index (χ0v) is 10.4. The van der Waals surface area contributed by atoms with Crippen molar-refractivity contribution in [2.75, 3.05) is 6.54 Å². The minimum absolute atomic E-state index is 0.212. The molecular formula is C10H18BrNO. The molecule has 1 rings (SSSR count). The van der Waals surface area contributed by atoms with Crippen LogP contribution in [-0.4, -0.2) is 27.7 Å². The maximum absolute atomic E-state index is 11.9. The quantitative estimate of drug-likeness (QED) is 0.652. The van der Waals surface area contributed by atoms with E-state index in [0.29, 0.717) is 12.0 Å². The highest BCUT2D eigenvalue weighted by Crippen LogP contribution is 2.28. The van der Waals surface area contributed by atoms with Gasteiger partial charge < -0.3 is 4.90 Å². The van der Waals surface area contributed by atoms with Gasteiger partial charge in [0.1, 0.15) is 0 Å². The van der Waals surface area contributed by atoms with Crippen LogP contribution >= 0.6 is 15.9 Å². The Morgan fingerprint density at radius 2 is 2.00 bits per heavy atom. The molecule has 3 heteroatoms. The summed E-state index contributed by atoms with van der Waals surface area (Å²) in [5, 5.41) is 0. The van der Waals surface area contributed by atoms with Crippen molar-refractivity contribution in [3.63, 3.8) is 0 Å². The molecule has 0 aromatic rings. The van der Waals surface area contributed by atoms with Gasteiger partial charge in [0.25, 0.3) is 0 Å². The fourth-order valence-corrected chi connectivity index (χ4v) is 1.95. The number of likely N-dealkylation sites (tertiary alicyclic amines) is 1. The van der Waals surface area contributed by atoms with Crippen molar-refractivity contribution in [3.05, 3.63) is 0 Å². The van der Waals surface area contributed by atoms with Crippen LogP contribution in [0.3, 0.4) is 0 Å². The number of nitrogens with zero attached hydrogens (tertiary/aromatic N) is 1. The Morgan fingerprint density at radius 3 is 2.31 bits per heavy atom. The van der Waals surface area contributed by atoms with Gasteiger partial charge in [-0.3, -0.25) is 4.79 Å². The molecular weight excluding hydrogens is 230 g/mol. The Kier molecular flexibility index (Phi) is 3.05. The van der Waals surface area contributed by atoms with E-state index in [2.05, 4.69) is 29.8 Å². The lowest BCUT2D eigenvalue weighted by atomic mass is 10.0. The minimum Gasteiger partial charge on any atom is -0.339 e. The molecule has 13 heavy (non-hydrogen) atoms. The highest BCUT2D eigenvalue weighted by molar-refractivity contribution is 9.10. The molecule has 0 N–H and O–H groups in total. The number of hydrogen-bond donors (Lipinski definition) is 0. The van der Waals surface area contributed by atoms with Crippen LogP contribution in [0.25, 0.3) is 0 Å². The van der Waals surface area contributed by atoms with E-state index in [-0.39, 0.29) is 5.91 Å². The number of carbonyl (C=O) groups excluding carboxylic acids is 1. The van der Waals surface area contributed by atoms with Crippen LogP contribution in [-0.2, 0) is 4.79 Å². The molecule has 1 aliphatic heterocycles. The number of hydrogen-bond acceptors (Lipinski definition) is 1. The summed E-state index contributed by atoms with van der Waals surface area (Å²) in [7, 11) is 0. The molecule has 1 fully saturated rings. The summed E-state index contributed by atoms with van der Waals surface area (Å²) in [4.78, 5) is 13.9. The van der Waals surface area contributed by atoms with Gasteiger partial charge in [-0.05, 0) is 33.1 Å². The lowest BCUT2D eigenvalue weighted by molar-refractivity contribution is -0.133. The molecule has 0 aromatic carbocycles. The second-order valence-corrected chi connectivity index (χ2v) is 6.46. The topological polar surface area (TPSA) is 20.3 Å².